The molecule has 88 valence electrons. The molecule has 0 aliphatic carbocycles. The Morgan fingerprint density at radius 1 is 1.50 bits per heavy atom. The van der Waals surface area contributed by atoms with Gasteiger partial charge in [0, 0.05) is 18.9 Å². The number of nitrogens with one attached hydrogen (secondary N) is 1. The zero-order valence-corrected chi connectivity index (χ0v) is 10.3. The fourth-order valence-corrected chi connectivity index (χ4v) is 1.26. The Bertz CT molecular complexity index is 356. The maximum Gasteiger partial charge on any atom is 0.155 e. The first kappa shape index (κ1) is 12.8. The van der Waals surface area contributed by atoms with Crippen molar-refractivity contribution in [2.45, 2.75) is 20.0 Å². The molecule has 0 amide bonds. The van der Waals surface area contributed by atoms with Crippen LogP contribution in [0.1, 0.15) is 19.5 Å². The van der Waals surface area contributed by atoms with Gasteiger partial charge in [-0.25, -0.2) is 9.97 Å². The van der Waals surface area contributed by atoms with Crippen LogP contribution in [-0.2, 0) is 4.74 Å². The molecule has 0 aliphatic heterocycles. The molecule has 6 heteroatoms. The maximum atomic E-state index is 5.52. The molecular weight excluding hydrogens is 224 g/mol. The molecule has 5 nitrogen and oxygen atoms in total. The lowest BCUT2D eigenvalue weighted by Gasteiger charge is -2.10. The molecule has 0 radical (unpaired) electrons. The second-order valence-electron chi connectivity index (χ2n) is 3.46. The molecule has 1 aromatic heterocycles. The summed E-state index contributed by atoms with van der Waals surface area (Å²) >= 11 is 4.87. The zero-order valence-electron chi connectivity index (χ0n) is 9.43. The number of ether oxygens (including phenoxy) is 1. The Kier molecular flexibility index (Phi) is 5.07. The molecule has 0 bridgehead atoms. The predicted molar refractivity (Wildman–Crippen MR) is 67.5 cm³/mol. The number of hydrogen-bond acceptors (Lipinski definition) is 5. The maximum absolute atomic E-state index is 5.52. The van der Waals surface area contributed by atoms with Gasteiger partial charge < -0.3 is 15.8 Å². The lowest BCUT2D eigenvalue weighted by Crippen LogP contribution is -2.19. The Balaban J connectivity index is 2.50. The fraction of sp³-hybridized carbons (Fsp3) is 0.500. The molecular formula is C10H16N4OS. The van der Waals surface area contributed by atoms with Crippen LogP contribution in [0, 0.1) is 0 Å². The number of aromatic nitrogens is 2. The Morgan fingerprint density at radius 2 is 2.19 bits per heavy atom. The summed E-state index contributed by atoms with van der Waals surface area (Å²) in [6.07, 6.45) is 3.37. The molecule has 1 heterocycles. The fourth-order valence-electron chi connectivity index (χ4n) is 1.11. The van der Waals surface area contributed by atoms with Crippen molar-refractivity contribution in [2.24, 2.45) is 5.73 Å². The number of hydrogen-bond donors (Lipinski definition) is 2. The van der Waals surface area contributed by atoms with Crippen molar-refractivity contribution >= 4 is 23.0 Å². The average Bonchev–Trinajstić information content (AvgIpc) is 2.24. The highest BCUT2D eigenvalue weighted by atomic mass is 32.1. The van der Waals surface area contributed by atoms with E-state index in [9.17, 15) is 0 Å². The van der Waals surface area contributed by atoms with E-state index in [-0.39, 0.29) is 11.1 Å². The van der Waals surface area contributed by atoms with Gasteiger partial charge in [-0.15, -0.1) is 0 Å². The van der Waals surface area contributed by atoms with E-state index in [4.69, 9.17) is 22.7 Å². The largest absolute Gasteiger partial charge is 0.388 e. The topological polar surface area (TPSA) is 73.1 Å². The number of anilines is 1. The molecule has 0 unspecified atom stereocenters. The second-order valence-corrected chi connectivity index (χ2v) is 3.90. The van der Waals surface area contributed by atoms with Gasteiger partial charge in [-0.3, -0.25) is 0 Å². The van der Waals surface area contributed by atoms with Crippen LogP contribution in [-0.4, -0.2) is 34.2 Å². The molecule has 0 fully saturated rings. The minimum Gasteiger partial charge on any atom is -0.388 e. The van der Waals surface area contributed by atoms with Crippen molar-refractivity contribution in [3.05, 3.63) is 18.1 Å². The third-order valence-corrected chi connectivity index (χ3v) is 1.97. The van der Waals surface area contributed by atoms with E-state index < -0.39 is 0 Å². The summed E-state index contributed by atoms with van der Waals surface area (Å²) in [5, 5.41) is 3.08. The first-order valence-electron chi connectivity index (χ1n) is 5.07. The van der Waals surface area contributed by atoms with E-state index in [0.29, 0.717) is 24.7 Å². The van der Waals surface area contributed by atoms with Gasteiger partial charge >= 0.3 is 0 Å². The van der Waals surface area contributed by atoms with Crippen LogP contribution in [0.5, 0.6) is 0 Å². The lowest BCUT2D eigenvalue weighted by molar-refractivity contribution is 0.0870. The normalized spacial score (nSPS) is 10.4. The van der Waals surface area contributed by atoms with Crippen molar-refractivity contribution in [3.63, 3.8) is 0 Å². The van der Waals surface area contributed by atoms with Gasteiger partial charge in [0.15, 0.2) is 5.82 Å². The van der Waals surface area contributed by atoms with E-state index >= 15 is 0 Å². The number of nitrogens with two attached hydrogens (primary N) is 1. The van der Waals surface area contributed by atoms with Crippen molar-refractivity contribution < 1.29 is 4.74 Å². The highest BCUT2D eigenvalue weighted by Gasteiger charge is 2.06. The van der Waals surface area contributed by atoms with Crippen molar-refractivity contribution in [1.82, 2.24) is 9.97 Å². The van der Waals surface area contributed by atoms with Crippen LogP contribution in [0.15, 0.2) is 12.4 Å². The standard InChI is InChI=1S/C10H16N4OS/c1-7(2)15-6-5-14-10-8(9(11)16)12-3-4-13-10/h3-4,7H,5-6H2,1-2H3,(H2,11,16)(H,13,14). The summed E-state index contributed by atoms with van der Waals surface area (Å²) < 4.78 is 5.39. The summed E-state index contributed by atoms with van der Waals surface area (Å²) in [6.45, 7) is 5.23. The SMILES string of the molecule is CC(C)OCCNc1nccnc1C(N)=S. The summed E-state index contributed by atoms with van der Waals surface area (Å²) in [7, 11) is 0. The molecule has 1 rings (SSSR count). The van der Waals surface area contributed by atoms with Crippen LogP contribution in [0.2, 0.25) is 0 Å². The van der Waals surface area contributed by atoms with Crippen molar-refractivity contribution in [1.29, 1.82) is 0 Å². The zero-order chi connectivity index (χ0) is 12.0. The monoisotopic (exact) mass is 240 g/mol. The van der Waals surface area contributed by atoms with Gasteiger partial charge in [0.1, 0.15) is 10.7 Å². The molecule has 0 spiro atoms. The van der Waals surface area contributed by atoms with Gasteiger partial charge in [-0.1, -0.05) is 12.2 Å². The Labute approximate surface area is 100 Å². The minimum atomic E-state index is 0.221. The van der Waals surface area contributed by atoms with Gasteiger partial charge in [-0.2, -0.15) is 0 Å². The number of rotatable bonds is 6. The third-order valence-electron chi connectivity index (χ3n) is 1.78. The second kappa shape index (κ2) is 6.34. The average molecular weight is 240 g/mol. The molecule has 0 saturated carbocycles. The summed E-state index contributed by atoms with van der Waals surface area (Å²) in [5.74, 6) is 0.599. The van der Waals surface area contributed by atoms with Crippen molar-refractivity contribution in [2.75, 3.05) is 18.5 Å². The first-order valence-corrected chi connectivity index (χ1v) is 5.48. The highest BCUT2D eigenvalue weighted by molar-refractivity contribution is 7.80. The number of thiocarbonyl (C=S) groups is 1. The minimum absolute atomic E-state index is 0.221. The predicted octanol–water partition coefficient (Wildman–Crippen LogP) is 0.948. The van der Waals surface area contributed by atoms with E-state index in [1.165, 1.54) is 0 Å². The third kappa shape index (κ3) is 4.08. The lowest BCUT2D eigenvalue weighted by atomic mass is 10.4. The van der Waals surface area contributed by atoms with E-state index in [0.717, 1.165) is 0 Å². The highest BCUT2D eigenvalue weighted by Crippen LogP contribution is 2.07. The van der Waals surface area contributed by atoms with Gasteiger partial charge in [0.2, 0.25) is 0 Å². The van der Waals surface area contributed by atoms with E-state index in [1.54, 1.807) is 12.4 Å². The van der Waals surface area contributed by atoms with E-state index in [1.807, 2.05) is 13.8 Å². The summed E-state index contributed by atoms with van der Waals surface area (Å²) in [6, 6.07) is 0. The van der Waals surface area contributed by atoms with Crippen LogP contribution in [0.25, 0.3) is 0 Å². The van der Waals surface area contributed by atoms with Crippen molar-refractivity contribution in [3.8, 4) is 0 Å². The van der Waals surface area contributed by atoms with Crippen LogP contribution >= 0.6 is 12.2 Å². The number of nitrogens with zero attached hydrogens (tertiary/aromatic N) is 2. The molecule has 0 aromatic carbocycles. The van der Waals surface area contributed by atoms with Crippen LogP contribution in [0.3, 0.4) is 0 Å². The van der Waals surface area contributed by atoms with Crippen LogP contribution in [0.4, 0.5) is 5.82 Å². The summed E-state index contributed by atoms with van der Waals surface area (Å²) in [4.78, 5) is 8.42. The molecule has 3 N–H and O–H groups in total. The van der Waals surface area contributed by atoms with Gasteiger partial charge in [0.25, 0.3) is 0 Å². The molecule has 0 atom stereocenters. The Hall–Kier alpha value is -1.27. The molecule has 1 aromatic rings. The van der Waals surface area contributed by atoms with E-state index in [2.05, 4.69) is 15.3 Å². The van der Waals surface area contributed by atoms with Crippen LogP contribution < -0.4 is 11.1 Å². The summed E-state index contributed by atoms with van der Waals surface area (Å²) in [5.41, 5.74) is 6.04. The quantitative estimate of drug-likeness (QED) is 0.569. The Morgan fingerprint density at radius 3 is 2.81 bits per heavy atom. The van der Waals surface area contributed by atoms with Gasteiger partial charge in [-0.05, 0) is 13.8 Å². The van der Waals surface area contributed by atoms with Gasteiger partial charge in [0.05, 0.1) is 12.7 Å². The molecule has 0 saturated heterocycles. The smallest absolute Gasteiger partial charge is 0.155 e. The molecule has 0 aliphatic rings. The molecule has 16 heavy (non-hydrogen) atoms. The first-order chi connectivity index (χ1) is 7.61.